The molecule has 0 N–H and O–H groups in total. The van der Waals surface area contributed by atoms with E-state index in [9.17, 15) is 9.59 Å². The fraction of sp³-hybridized carbons (Fsp3) is 0.600. The lowest BCUT2D eigenvalue weighted by atomic mass is 9.88. The standard InChI is InChI=1S/C10H14O2/c1-6(2)8-4-10(12)7(3)9(8)5-11/h5,7-9H,1,4H2,2-3H3/t7-,8-,9-/m1/s1. The summed E-state index contributed by atoms with van der Waals surface area (Å²) in [7, 11) is 0. The largest absolute Gasteiger partial charge is 0.303 e. The zero-order valence-electron chi connectivity index (χ0n) is 7.54. The lowest BCUT2D eigenvalue weighted by Gasteiger charge is -2.14. The molecule has 0 aromatic rings. The Morgan fingerprint density at radius 3 is 2.58 bits per heavy atom. The minimum absolute atomic E-state index is 0.0880. The normalized spacial score (nSPS) is 35.2. The van der Waals surface area contributed by atoms with Gasteiger partial charge in [0.2, 0.25) is 0 Å². The maximum Gasteiger partial charge on any atom is 0.137 e. The first-order chi connectivity index (χ1) is 5.57. The molecule has 66 valence electrons. The molecule has 3 atom stereocenters. The third kappa shape index (κ3) is 1.33. The molecule has 0 saturated heterocycles. The van der Waals surface area contributed by atoms with E-state index in [1.165, 1.54) is 0 Å². The van der Waals surface area contributed by atoms with E-state index in [1.807, 2.05) is 13.8 Å². The molecular weight excluding hydrogens is 152 g/mol. The number of rotatable bonds is 2. The zero-order valence-corrected chi connectivity index (χ0v) is 7.54. The zero-order chi connectivity index (χ0) is 9.30. The first kappa shape index (κ1) is 9.17. The molecule has 0 aromatic heterocycles. The number of hydrogen-bond donors (Lipinski definition) is 0. The lowest BCUT2D eigenvalue weighted by Crippen LogP contribution is -2.16. The third-order valence-electron chi connectivity index (χ3n) is 2.76. The Balaban J connectivity index is 2.85. The van der Waals surface area contributed by atoms with Crippen molar-refractivity contribution >= 4 is 12.1 Å². The van der Waals surface area contributed by atoms with E-state index in [0.29, 0.717) is 6.42 Å². The van der Waals surface area contributed by atoms with E-state index in [4.69, 9.17) is 0 Å². The summed E-state index contributed by atoms with van der Waals surface area (Å²) in [5.74, 6) is 0.0456. The van der Waals surface area contributed by atoms with Gasteiger partial charge < -0.3 is 4.79 Å². The number of hydrogen-bond acceptors (Lipinski definition) is 2. The van der Waals surface area contributed by atoms with Gasteiger partial charge in [0, 0.05) is 18.3 Å². The van der Waals surface area contributed by atoms with E-state index < -0.39 is 0 Å². The van der Waals surface area contributed by atoms with Crippen molar-refractivity contribution in [3.8, 4) is 0 Å². The molecule has 0 amide bonds. The van der Waals surface area contributed by atoms with Crippen molar-refractivity contribution in [2.75, 3.05) is 0 Å². The molecule has 0 spiro atoms. The van der Waals surface area contributed by atoms with E-state index in [0.717, 1.165) is 11.9 Å². The van der Waals surface area contributed by atoms with Crippen LogP contribution in [0.3, 0.4) is 0 Å². The monoisotopic (exact) mass is 166 g/mol. The van der Waals surface area contributed by atoms with Crippen molar-refractivity contribution in [1.82, 2.24) is 0 Å². The minimum Gasteiger partial charge on any atom is -0.303 e. The first-order valence-electron chi connectivity index (χ1n) is 4.21. The smallest absolute Gasteiger partial charge is 0.137 e. The fourth-order valence-electron chi connectivity index (χ4n) is 1.82. The van der Waals surface area contributed by atoms with E-state index >= 15 is 0 Å². The fourth-order valence-corrected chi connectivity index (χ4v) is 1.82. The molecule has 0 aliphatic heterocycles. The molecular formula is C10H14O2. The second kappa shape index (κ2) is 3.21. The average Bonchev–Trinajstić information content (AvgIpc) is 2.29. The lowest BCUT2D eigenvalue weighted by molar-refractivity contribution is -0.122. The molecule has 1 saturated carbocycles. The van der Waals surface area contributed by atoms with Crippen molar-refractivity contribution in [1.29, 1.82) is 0 Å². The van der Waals surface area contributed by atoms with Gasteiger partial charge in [0.05, 0.1) is 0 Å². The van der Waals surface area contributed by atoms with Crippen LogP contribution in [-0.4, -0.2) is 12.1 Å². The number of allylic oxidation sites excluding steroid dienone is 1. The Morgan fingerprint density at radius 1 is 1.67 bits per heavy atom. The van der Waals surface area contributed by atoms with Crippen LogP contribution in [0.5, 0.6) is 0 Å². The number of ketones is 1. The molecule has 0 bridgehead atoms. The Morgan fingerprint density at radius 2 is 2.25 bits per heavy atom. The minimum atomic E-state index is -0.130. The van der Waals surface area contributed by atoms with Crippen molar-refractivity contribution < 1.29 is 9.59 Å². The molecule has 12 heavy (non-hydrogen) atoms. The third-order valence-corrected chi connectivity index (χ3v) is 2.76. The number of aldehydes is 1. The topological polar surface area (TPSA) is 34.1 Å². The van der Waals surface area contributed by atoms with Gasteiger partial charge in [-0.05, 0) is 12.8 Å². The summed E-state index contributed by atoms with van der Waals surface area (Å²) < 4.78 is 0. The second-order valence-corrected chi connectivity index (χ2v) is 3.63. The van der Waals surface area contributed by atoms with Crippen LogP contribution < -0.4 is 0 Å². The first-order valence-corrected chi connectivity index (χ1v) is 4.21. The van der Waals surface area contributed by atoms with Crippen molar-refractivity contribution in [2.24, 2.45) is 17.8 Å². The number of carbonyl (C=O) groups is 2. The Labute approximate surface area is 72.7 Å². The van der Waals surface area contributed by atoms with E-state index in [-0.39, 0.29) is 23.5 Å². The second-order valence-electron chi connectivity index (χ2n) is 3.63. The van der Waals surface area contributed by atoms with Crippen LogP contribution in [-0.2, 0) is 9.59 Å². The predicted octanol–water partition coefficient (Wildman–Crippen LogP) is 1.60. The SMILES string of the molecule is C=C(C)[C@H]1CC(=O)[C@H](C)[C@H]1C=O. The van der Waals surface area contributed by atoms with E-state index in [1.54, 1.807) is 0 Å². The van der Waals surface area contributed by atoms with Crippen LogP contribution in [0.1, 0.15) is 20.3 Å². The molecule has 0 heterocycles. The quantitative estimate of drug-likeness (QED) is 0.461. The Hall–Kier alpha value is -0.920. The molecule has 2 nitrogen and oxygen atoms in total. The Kier molecular flexibility index (Phi) is 2.46. The molecule has 1 rings (SSSR count). The van der Waals surface area contributed by atoms with Gasteiger partial charge in [-0.15, -0.1) is 0 Å². The summed E-state index contributed by atoms with van der Waals surface area (Å²) in [6.45, 7) is 7.50. The van der Waals surface area contributed by atoms with Crippen LogP contribution in [0.15, 0.2) is 12.2 Å². The molecule has 2 heteroatoms. The highest BCUT2D eigenvalue weighted by Gasteiger charge is 2.39. The van der Waals surface area contributed by atoms with Crippen molar-refractivity contribution in [3.63, 3.8) is 0 Å². The summed E-state index contributed by atoms with van der Waals surface area (Å²) in [5, 5.41) is 0. The van der Waals surface area contributed by atoms with Crippen LogP contribution in [0.4, 0.5) is 0 Å². The van der Waals surface area contributed by atoms with Gasteiger partial charge in [-0.3, -0.25) is 4.79 Å². The maximum atomic E-state index is 11.3. The van der Waals surface area contributed by atoms with Gasteiger partial charge in [-0.2, -0.15) is 0 Å². The summed E-state index contributed by atoms with van der Waals surface area (Å²) in [5.41, 5.74) is 0.949. The van der Waals surface area contributed by atoms with Gasteiger partial charge in [-0.1, -0.05) is 19.1 Å². The van der Waals surface area contributed by atoms with Gasteiger partial charge in [-0.25, -0.2) is 0 Å². The van der Waals surface area contributed by atoms with Crippen molar-refractivity contribution in [2.45, 2.75) is 20.3 Å². The van der Waals surface area contributed by atoms with Gasteiger partial charge in [0.25, 0.3) is 0 Å². The highest BCUT2D eigenvalue weighted by Crippen LogP contribution is 2.36. The summed E-state index contributed by atoms with van der Waals surface area (Å²) in [6, 6.07) is 0. The molecule has 0 unspecified atom stereocenters. The molecule has 0 aromatic carbocycles. The number of carbonyl (C=O) groups excluding carboxylic acids is 2. The summed E-state index contributed by atoms with van der Waals surface area (Å²) >= 11 is 0. The summed E-state index contributed by atoms with van der Waals surface area (Å²) in [4.78, 5) is 21.9. The van der Waals surface area contributed by atoms with Crippen LogP contribution in [0, 0.1) is 17.8 Å². The maximum absolute atomic E-state index is 11.3. The molecule has 0 radical (unpaired) electrons. The predicted molar refractivity (Wildman–Crippen MR) is 46.6 cm³/mol. The number of Topliss-reactive ketones (excluding diaryl/α,β-unsaturated/α-hetero) is 1. The van der Waals surface area contributed by atoms with Gasteiger partial charge in [0.1, 0.15) is 12.1 Å². The highest BCUT2D eigenvalue weighted by molar-refractivity contribution is 5.87. The Bertz CT molecular complexity index is 230. The molecule has 1 aliphatic carbocycles. The van der Waals surface area contributed by atoms with E-state index in [2.05, 4.69) is 6.58 Å². The van der Waals surface area contributed by atoms with Crippen LogP contribution in [0.25, 0.3) is 0 Å². The van der Waals surface area contributed by atoms with Gasteiger partial charge >= 0.3 is 0 Å². The van der Waals surface area contributed by atoms with Crippen LogP contribution >= 0.6 is 0 Å². The highest BCUT2D eigenvalue weighted by atomic mass is 16.1. The molecule has 1 aliphatic rings. The van der Waals surface area contributed by atoms with Crippen molar-refractivity contribution in [3.05, 3.63) is 12.2 Å². The average molecular weight is 166 g/mol. The van der Waals surface area contributed by atoms with Crippen LogP contribution in [0.2, 0.25) is 0 Å². The molecule has 1 fully saturated rings. The summed E-state index contributed by atoms with van der Waals surface area (Å²) in [6.07, 6.45) is 1.40. The van der Waals surface area contributed by atoms with Gasteiger partial charge in [0.15, 0.2) is 0 Å².